The van der Waals surface area contributed by atoms with E-state index in [0.29, 0.717) is 6.04 Å². The van der Waals surface area contributed by atoms with E-state index in [2.05, 4.69) is 41.6 Å². The topological polar surface area (TPSA) is 45.7 Å². The third-order valence-electron chi connectivity index (χ3n) is 3.78. The number of para-hydroxylation sites is 1. The summed E-state index contributed by atoms with van der Waals surface area (Å²) in [7, 11) is 3.54. The maximum Gasteiger partial charge on any atom is 0.191 e. The molecule has 0 aromatic heterocycles. The van der Waals surface area contributed by atoms with Crippen LogP contribution in [0.15, 0.2) is 29.3 Å². The third-order valence-corrected chi connectivity index (χ3v) is 3.78. The number of nitrogens with zero attached hydrogens (tertiary/aromatic N) is 1. The van der Waals surface area contributed by atoms with Crippen molar-refractivity contribution in [1.82, 2.24) is 10.6 Å². The Morgan fingerprint density at radius 3 is 2.60 bits per heavy atom. The van der Waals surface area contributed by atoms with Gasteiger partial charge in [-0.05, 0) is 32.8 Å². The predicted octanol–water partition coefficient (Wildman–Crippen LogP) is 2.30. The van der Waals surface area contributed by atoms with E-state index in [4.69, 9.17) is 4.74 Å². The fraction of sp³-hybridized carbons (Fsp3) is 0.562. The maximum atomic E-state index is 5.50. The van der Waals surface area contributed by atoms with Crippen LogP contribution in [0.3, 0.4) is 0 Å². The summed E-state index contributed by atoms with van der Waals surface area (Å²) in [6, 6.07) is 8.69. The Hall–Kier alpha value is -1.71. The Balaban J connectivity index is 2.05. The fourth-order valence-electron chi connectivity index (χ4n) is 2.50. The largest absolute Gasteiger partial charge is 0.496 e. The minimum atomic E-state index is 0.196. The summed E-state index contributed by atoms with van der Waals surface area (Å²) in [5, 5.41) is 6.75. The number of guanidine groups is 1. The van der Waals surface area contributed by atoms with Gasteiger partial charge in [0.05, 0.1) is 7.11 Å². The van der Waals surface area contributed by atoms with Crippen molar-refractivity contribution in [1.29, 1.82) is 0 Å². The number of benzene rings is 1. The van der Waals surface area contributed by atoms with Crippen molar-refractivity contribution in [2.75, 3.05) is 20.7 Å². The first-order chi connectivity index (χ1) is 9.61. The quantitative estimate of drug-likeness (QED) is 0.640. The summed E-state index contributed by atoms with van der Waals surface area (Å²) in [6.07, 6.45) is 2.39. The molecule has 0 amide bonds. The molecule has 0 unspecified atom stereocenters. The minimum Gasteiger partial charge on any atom is -0.496 e. The van der Waals surface area contributed by atoms with Crippen LogP contribution < -0.4 is 15.4 Å². The van der Waals surface area contributed by atoms with Crippen molar-refractivity contribution in [2.24, 2.45) is 4.99 Å². The second-order valence-corrected chi connectivity index (χ2v) is 5.71. The third kappa shape index (κ3) is 3.24. The summed E-state index contributed by atoms with van der Waals surface area (Å²) in [5.41, 5.74) is 1.50. The van der Waals surface area contributed by atoms with Crippen molar-refractivity contribution >= 4 is 5.96 Å². The SMILES string of the molecule is CN=C(NCC1(c2ccccc2OC)CC1)NC(C)C. The average Bonchev–Trinajstić information content (AvgIpc) is 3.24. The molecule has 4 nitrogen and oxygen atoms in total. The number of rotatable bonds is 5. The lowest BCUT2D eigenvalue weighted by atomic mass is 9.95. The highest BCUT2D eigenvalue weighted by Gasteiger charge is 2.46. The minimum absolute atomic E-state index is 0.196. The van der Waals surface area contributed by atoms with Crippen molar-refractivity contribution in [3.63, 3.8) is 0 Å². The molecule has 0 saturated heterocycles. The lowest BCUT2D eigenvalue weighted by Crippen LogP contribution is -2.44. The summed E-state index contributed by atoms with van der Waals surface area (Å²) in [4.78, 5) is 4.26. The first-order valence-electron chi connectivity index (χ1n) is 7.22. The Labute approximate surface area is 121 Å². The Morgan fingerprint density at radius 2 is 2.05 bits per heavy atom. The Morgan fingerprint density at radius 1 is 1.35 bits per heavy atom. The van der Waals surface area contributed by atoms with E-state index < -0.39 is 0 Å². The molecular weight excluding hydrogens is 250 g/mol. The smallest absolute Gasteiger partial charge is 0.191 e. The van der Waals surface area contributed by atoms with E-state index >= 15 is 0 Å². The highest BCUT2D eigenvalue weighted by atomic mass is 16.5. The van der Waals surface area contributed by atoms with Crippen LogP contribution in [0.4, 0.5) is 0 Å². The van der Waals surface area contributed by atoms with E-state index in [1.54, 1.807) is 14.2 Å². The second-order valence-electron chi connectivity index (χ2n) is 5.71. The zero-order valence-corrected chi connectivity index (χ0v) is 12.9. The van der Waals surface area contributed by atoms with Gasteiger partial charge < -0.3 is 15.4 Å². The molecule has 1 aromatic carbocycles. The first-order valence-corrected chi connectivity index (χ1v) is 7.22. The van der Waals surface area contributed by atoms with Crippen LogP contribution in [0, 0.1) is 0 Å². The zero-order valence-electron chi connectivity index (χ0n) is 12.9. The Bertz CT molecular complexity index is 478. The fourth-order valence-corrected chi connectivity index (χ4v) is 2.50. The molecule has 2 N–H and O–H groups in total. The van der Waals surface area contributed by atoms with Crippen molar-refractivity contribution < 1.29 is 4.74 Å². The van der Waals surface area contributed by atoms with Crippen molar-refractivity contribution in [2.45, 2.75) is 38.1 Å². The number of hydrogen-bond donors (Lipinski definition) is 2. The van der Waals surface area contributed by atoms with Crippen LogP contribution in [-0.4, -0.2) is 32.7 Å². The molecule has 0 spiro atoms. The van der Waals surface area contributed by atoms with E-state index in [1.165, 1.54) is 18.4 Å². The number of ether oxygens (including phenoxy) is 1. The van der Waals surface area contributed by atoms with Gasteiger partial charge in [-0.25, -0.2) is 0 Å². The monoisotopic (exact) mass is 275 g/mol. The molecule has 0 heterocycles. The highest BCUT2D eigenvalue weighted by Crippen LogP contribution is 2.50. The summed E-state index contributed by atoms with van der Waals surface area (Å²) in [6.45, 7) is 5.11. The molecule has 4 heteroatoms. The standard InChI is InChI=1S/C16H25N3O/c1-12(2)19-15(17-3)18-11-16(9-10-16)13-7-5-6-8-14(13)20-4/h5-8,12H,9-11H2,1-4H3,(H2,17,18,19). The van der Waals surface area contributed by atoms with Gasteiger partial charge in [0, 0.05) is 30.6 Å². The van der Waals surface area contributed by atoms with Crippen LogP contribution >= 0.6 is 0 Å². The van der Waals surface area contributed by atoms with Gasteiger partial charge in [-0.1, -0.05) is 18.2 Å². The average molecular weight is 275 g/mol. The van der Waals surface area contributed by atoms with Crippen LogP contribution in [0.25, 0.3) is 0 Å². The molecule has 2 rings (SSSR count). The number of nitrogens with one attached hydrogen (secondary N) is 2. The highest BCUT2D eigenvalue weighted by molar-refractivity contribution is 5.80. The van der Waals surface area contributed by atoms with Gasteiger partial charge in [-0.15, -0.1) is 0 Å². The molecule has 1 aromatic rings. The predicted molar refractivity (Wildman–Crippen MR) is 83.5 cm³/mol. The summed E-state index contributed by atoms with van der Waals surface area (Å²) in [5.74, 6) is 1.85. The molecule has 0 aliphatic heterocycles. The summed E-state index contributed by atoms with van der Waals surface area (Å²) >= 11 is 0. The normalized spacial score (nSPS) is 16.9. The molecule has 0 atom stereocenters. The van der Waals surface area contributed by atoms with Crippen LogP contribution in [0.5, 0.6) is 5.75 Å². The molecule has 1 aliphatic rings. The molecule has 20 heavy (non-hydrogen) atoms. The van der Waals surface area contributed by atoms with Gasteiger partial charge in [0.15, 0.2) is 5.96 Å². The van der Waals surface area contributed by atoms with E-state index in [-0.39, 0.29) is 5.41 Å². The van der Waals surface area contributed by atoms with Gasteiger partial charge in [-0.3, -0.25) is 4.99 Å². The van der Waals surface area contributed by atoms with Crippen molar-refractivity contribution in [3.8, 4) is 5.75 Å². The molecule has 1 saturated carbocycles. The summed E-state index contributed by atoms with van der Waals surface area (Å²) < 4.78 is 5.50. The van der Waals surface area contributed by atoms with E-state index in [9.17, 15) is 0 Å². The van der Waals surface area contributed by atoms with Crippen molar-refractivity contribution in [3.05, 3.63) is 29.8 Å². The van der Waals surface area contributed by atoms with Crippen LogP contribution in [0.2, 0.25) is 0 Å². The second kappa shape index (κ2) is 6.16. The Kier molecular flexibility index (Phi) is 4.53. The lowest BCUT2D eigenvalue weighted by Gasteiger charge is -2.21. The molecule has 0 bridgehead atoms. The van der Waals surface area contributed by atoms with Gasteiger partial charge in [-0.2, -0.15) is 0 Å². The number of methoxy groups -OCH3 is 1. The maximum absolute atomic E-state index is 5.50. The lowest BCUT2D eigenvalue weighted by molar-refractivity contribution is 0.403. The van der Waals surface area contributed by atoms with Gasteiger partial charge >= 0.3 is 0 Å². The molecule has 0 radical (unpaired) electrons. The molecular formula is C16H25N3O. The van der Waals surface area contributed by atoms with Crippen LogP contribution in [-0.2, 0) is 5.41 Å². The number of hydrogen-bond acceptors (Lipinski definition) is 2. The van der Waals surface area contributed by atoms with Crippen LogP contribution in [0.1, 0.15) is 32.3 Å². The van der Waals surface area contributed by atoms with Gasteiger partial charge in [0.25, 0.3) is 0 Å². The zero-order chi connectivity index (χ0) is 14.6. The number of aliphatic imine (C=N–C) groups is 1. The first kappa shape index (κ1) is 14.7. The van der Waals surface area contributed by atoms with Gasteiger partial charge in [0.2, 0.25) is 0 Å². The van der Waals surface area contributed by atoms with Gasteiger partial charge in [0.1, 0.15) is 5.75 Å². The molecule has 1 aliphatic carbocycles. The molecule has 1 fully saturated rings. The van der Waals surface area contributed by atoms with E-state index in [0.717, 1.165) is 18.3 Å². The van der Waals surface area contributed by atoms with E-state index in [1.807, 2.05) is 12.1 Å². The molecule has 110 valence electrons.